The van der Waals surface area contributed by atoms with E-state index in [1.807, 2.05) is 0 Å². The zero-order valence-corrected chi connectivity index (χ0v) is 35.9. The minimum Gasteiger partial charge on any atom is -0.309 e. The van der Waals surface area contributed by atoms with Gasteiger partial charge in [0.1, 0.15) is 5.82 Å². The predicted octanol–water partition coefficient (Wildman–Crippen LogP) is 14.2. The number of para-hydroxylation sites is 10. The van der Waals surface area contributed by atoms with Crippen molar-refractivity contribution >= 4 is 93.3 Å². The summed E-state index contributed by atoms with van der Waals surface area (Å²) in [7, 11) is 0. The lowest BCUT2D eigenvalue weighted by molar-refractivity contribution is 0.951. The highest BCUT2D eigenvalue weighted by Gasteiger charge is 2.23. The van der Waals surface area contributed by atoms with E-state index in [1.54, 1.807) is 0 Å². The monoisotopic (exact) mass is 856 g/mol. The quantitative estimate of drug-likeness (QED) is 0.173. The Kier molecular flexibility index (Phi) is 7.34. The predicted molar refractivity (Wildman–Crippen MR) is 274 cm³/mol. The molecule has 0 spiro atoms. The summed E-state index contributed by atoms with van der Waals surface area (Å²) < 4.78 is 11.5. The number of benzene rings is 9. The molecule has 0 bridgehead atoms. The van der Waals surface area contributed by atoms with Crippen molar-refractivity contribution < 1.29 is 0 Å². The third-order valence-electron chi connectivity index (χ3n) is 13.7. The van der Waals surface area contributed by atoms with E-state index < -0.39 is 0 Å². The van der Waals surface area contributed by atoms with E-state index >= 15 is 0 Å². The van der Waals surface area contributed by atoms with Crippen molar-refractivity contribution in [3.8, 4) is 34.4 Å². The summed E-state index contributed by atoms with van der Waals surface area (Å²) in [5.41, 5.74) is 14.6. The second kappa shape index (κ2) is 13.6. The van der Waals surface area contributed by atoms with Crippen LogP contribution in [0.2, 0.25) is 0 Å². The molecule has 67 heavy (non-hydrogen) atoms. The molecule has 6 aromatic heterocycles. The molecule has 0 aliphatic heterocycles. The smallest absolute Gasteiger partial charge is 0.237 e. The van der Waals surface area contributed by atoms with E-state index in [4.69, 9.17) is 15.0 Å². The van der Waals surface area contributed by atoms with Crippen LogP contribution in [0.1, 0.15) is 0 Å². The van der Waals surface area contributed by atoms with E-state index in [0.717, 1.165) is 111 Å². The fourth-order valence-corrected chi connectivity index (χ4v) is 10.9. The van der Waals surface area contributed by atoms with Crippen LogP contribution < -0.4 is 0 Å². The van der Waals surface area contributed by atoms with E-state index in [2.05, 4.69) is 241 Å². The van der Waals surface area contributed by atoms with Gasteiger partial charge in [-0.05, 0) is 78.9 Å². The molecule has 8 nitrogen and oxygen atoms in total. The highest BCUT2D eigenvalue weighted by Crippen LogP contribution is 2.40. The topological polar surface area (TPSA) is 62.8 Å². The van der Waals surface area contributed by atoms with Crippen LogP contribution in [0.25, 0.3) is 128 Å². The first kappa shape index (κ1) is 36.1. The fourth-order valence-electron chi connectivity index (χ4n) is 10.9. The zero-order valence-electron chi connectivity index (χ0n) is 35.9. The zero-order chi connectivity index (χ0) is 43.7. The summed E-state index contributed by atoms with van der Waals surface area (Å²) in [5.74, 6) is 2.28. The third kappa shape index (κ3) is 5.03. The molecule has 8 heteroatoms. The van der Waals surface area contributed by atoms with Gasteiger partial charge in [0.2, 0.25) is 11.7 Å². The van der Waals surface area contributed by atoms with Crippen LogP contribution in [0, 0.1) is 0 Å². The van der Waals surface area contributed by atoms with Gasteiger partial charge in [-0.15, -0.1) is 0 Å². The second-order valence-corrected chi connectivity index (χ2v) is 17.3. The number of fused-ring (bicyclic) bond motifs is 14. The standard InChI is InChI=1S/C59H36N8/c1-9-25-48-38(17-1)39-18-2-10-26-49(39)65(48)57-36-46(60-58(62-57)66-50-27-11-3-19-40(50)41-20-4-12-28-51(41)66)43-22-6-13-29-52(43)64-47-24-8-5-21-42(47)44-35-37(33-34-53(44)64)63-55-31-15-16-32-56(55)67-54-30-14-7-23-45(54)61-59(63)67/h1-36H. The van der Waals surface area contributed by atoms with Crippen molar-refractivity contribution in [2.45, 2.75) is 0 Å². The molecule has 0 N–H and O–H groups in total. The molecule has 15 aromatic rings. The Labute approximate surface area is 382 Å². The number of hydrogen-bond acceptors (Lipinski definition) is 3. The Bertz CT molecular complexity index is 4300. The van der Waals surface area contributed by atoms with Gasteiger partial charge in [0.15, 0.2) is 0 Å². The van der Waals surface area contributed by atoms with Crippen LogP contribution in [-0.2, 0) is 0 Å². The van der Waals surface area contributed by atoms with Crippen molar-refractivity contribution in [3.63, 3.8) is 0 Å². The summed E-state index contributed by atoms with van der Waals surface area (Å²) in [6.07, 6.45) is 0. The highest BCUT2D eigenvalue weighted by molar-refractivity contribution is 6.12. The van der Waals surface area contributed by atoms with E-state index in [-0.39, 0.29) is 0 Å². The molecule has 0 unspecified atom stereocenters. The van der Waals surface area contributed by atoms with Crippen molar-refractivity contribution in [1.29, 1.82) is 0 Å². The van der Waals surface area contributed by atoms with Gasteiger partial charge in [-0.25, -0.2) is 9.97 Å². The second-order valence-electron chi connectivity index (χ2n) is 17.3. The molecule has 0 aliphatic rings. The first-order valence-electron chi connectivity index (χ1n) is 22.6. The lowest BCUT2D eigenvalue weighted by Crippen LogP contribution is -2.08. The molecule has 9 aromatic carbocycles. The molecule has 0 aliphatic carbocycles. The Morgan fingerprint density at radius 1 is 0.299 bits per heavy atom. The van der Waals surface area contributed by atoms with Gasteiger partial charge in [-0.3, -0.25) is 18.1 Å². The van der Waals surface area contributed by atoms with Gasteiger partial charge in [0.05, 0.1) is 66.5 Å². The Balaban J connectivity index is 0.998. The number of nitrogens with zero attached hydrogens (tertiary/aromatic N) is 8. The molecule has 312 valence electrons. The highest BCUT2D eigenvalue weighted by atomic mass is 15.2. The maximum Gasteiger partial charge on any atom is 0.237 e. The van der Waals surface area contributed by atoms with Crippen LogP contribution in [0.4, 0.5) is 0 Å². The van der Waals surface area contributed by atoms with Crippen LogP contribution in [0.15, 0.2) is 218 Å². The molecular weight excluding hydrogens is 821 g/mol. The Morgan fingerprint density at radius 3 is 1.42 bits per heavy atom. The van der Waals surface area contributed by atoms with E-state index in [1.165, 1.54) is 10.8 Å². The number of aromatic nitrogens is 8. The average Bonchev–Trinajstić information content (AvgIpc) is 4.18. The van der Waals surface area contributed by atoms with Gasteiger partial charge in [0, 0.05) is 49.6 Å². The van der Waals surface area contributed by atoms with Crippen molar-refractivity contribution in [2.75, 3.05) is 0 Å². The fraction of sp³-hybridized carbons (Fsp3) is 0. The third-order valence-corrected chi connectivity index (χ3v) is 13.7. The van der Waals surface area contributed by atoms with Crippen LogP contribution in [0.5, 0.6) is 0 Å². The molecule has 0 amide bonds. The summed E-state index contributed by atoms with van der Waals surface area (Å²) in [5, 5.41) is 6.98. The molecule has 0 saturated carbocycles. The molecule has 15 rings (SSSR count). The van der Waals surface area contributed by atoms with E-state index in [9.17, 15) is 0 Å². The van der Waals surface area contributed by atoms with Crippen LogP contribution >= 0.6 is 0 Å². The summed E-state index contributed by atoms with van der Waals surface area (Å²) in [6, 6.07) is 77.6. The summed E-state index contributed by atoms with van der Waals surface area (Å²) in [4.78, 5) is 16.3. The minimum absolute atomic E-state index is 0.602. The minimum atomic E-state index is 0.602. The SMILES string of the molecule is c1ccc(-n2c3ccccc3c3cc(-n4c5ccccc5n5c6ccccc6nc45)ccc32)c(-c2cc(-n3c4ccccc4c4ccccc43)nc(-n3c4ccccc4c4ccccc43)n2)c1. The molecule has 0 atom stereocenters. The normalized spacial score (nSPS) is 12.2. The molecular formula is C59H36N8. The summed E-state index contributed by atoms with van der Waals surface area (Å²) >= 11 is 0. The molecule has 0 radical (unpaired) electrons. The molecule has 6 heterocycles. The van der Waals surface area contributed by atoms with Crippen molar-refractivity contribution in [3.05, 3.63) is 218 Å². The first-order valence-corrected chi connectivity index (χ1v) is 22.6. The maximum atomic E-state index is 5.58. The van der Waals surface area contributed by atoms with E-state index in [0.29, 0.717) is 5.95 Å². The largest absolute Gasteiger partial charge is 0.309 e. The van der Waals surface area contributed by atoms with Crippen LogP contribution in [-0.4, -0.2) is 37.6 Å². The van der Waals surface area contributed by atoms with Gasteiger partial charge in [-0.2, -0.15) is 4.98 Å². The van der Waals surface area contributed by atoms with Crippen LogP contribution in [0.3, 0.4) is 0 Å². The number of hydrogen-bond donors (Lipinski definition) is 0. The average molecular weight is 857 g/mol. The Morgan fingerprint density at radius 2 is 0.776 bits per heavy atom. The first-order chi connectivity index (χ1) is 33.3. The maximum absolute atomic E-state index is 5.58. The number of rotatable bonds is 5. The van der Waals surface area contributed by atoms with Gasteiger partial charge in [-0.1, -0.05) is 133 Å². The molecule has 0 saturated heterocycles. The van der Waals surface area contributed by atoms with Gasteiger partial charge < -0.3 is 4.57 Å². The van der Waals surface area contributed by atoms with Gasteiger partial charge in [0.25, 0.3) is 0 Å². The Hall–Kier alpha value is -9.27. The van der Waals surface area contributed by atoms with Crippen molar-refractivity contribution in [1.82, 2.24) is 37.6 Å². The lowest BCUT2D eigenvalue weighted by Gasteiger charge is -2.17. The van der Waals surface area contributed by atoms with Crippen molar-refractivity contribution in [2.24, 2.45) is 0 Å². The van der Waals surface area contributed by atoms with Gasteiger partial charge >= 0.3 is 0 Å². The molecule has 0 fully saturated rings. The number of imidazole rings is 2. The summed E-state index contributed by atoms with van der Waals surface area (Å²) in [6.45, 7) is 0. The lowest BCUT2D eigenvalue weighted by atomic mass is 10.1.